The summed E-state index contributed by atoms with van der Waals surface area (Å²) in [5.41, 5.74) is 0.466. The molecule has 8 nitrogen and oxygen atoms in total. The molecule has 0 aliphatic carbocycles. The van der Waals surface area contributed by atoms with Gasteiger partial charge in [0.2, 0.25) is 0 Å². The molecule has 1 amide bonds. The van der Waals surface area contributed by atoms with Crippen molar-refractivity contribution in [3.8, 4) is 5.75 Å². The lowest BCUT2D eigenvalue weighted by atomic mass is 9.93. The van der Waals surface area contributed by atoms with Gasteiger partial charge in [-0.05, 0) is 36.1 Å². The molecule has 8 heteroatoms. The van der Waals surface area contributed by atoms with Crippen LogP contribution >= 0.6 is 0 Å². The van der Waals surface area contributed by atoms with Crippen LogP contribution in [0.25, 0.3) is 0 Å². The van der Waals surface area contributed by atoms with Gasteiger partial charge in [-0.25, -0.2) is 0 Å². The van der Waals surface area contributed by atoms with Crippen LogP contribution in [0.1, 0.15) is 37.6 Å². The smallest absolute Gasteiger partial charge is 0.251 e. The van der Waals surface area contributed by atoms with E-state index in [2.05, 4.69) is 26.1 Å². The van der Waals surface area contributed by atoms with E-state index in [1.54, 1.807) is 24.3 Å². The van der Waals surface area contributed by atoms with E-state index in [0.717, 1.165) is 6.42 Å². The van der Waals surface area contributed by atoms with Gasteiger partial charge in [-0.2, -0.15) is 0 Å². The van der Waals surface area contributed by atoms with Crippen molar-refractivity contribution in [3.05, 3.63) is 29.8 Å². The molecule has 1 aliphatic heterocycles. The molecule has 158 valence electrons. The number of nitrogens with one attached hydrogen (secondary N) is 1. The second-order valence-electron chi connectivity index (χ2n) is 8.13. The van der Waals surface area contributed by atoms with Crippen LogP contribution in [-0.4, -0.2) is 72.2 Å². The van der Waals surface area contributed by atoms with Crippen molar-refractivity contribution < 1.29 is 34.3 Å². The largest absolute Gasteiger partial charge is 0.497 e. The molecule has 0 spiro atoms. The van der Waals surface area contributed by atoms with Crippen molar-refractivity contribution in [1.82, 2.24) is 5.32 Å². The Bertz CT molecular complexity index is 628. The van der Waals surface area contributed by atoms with E-state index in [1.807, 2.05) is 0 Å². The van der Waals surface area contributed by atoms with Gasteiger partial charge < -0.3 is 34.8 Å². The topological polar surface area (TPSA) is 117 Å². The number of carbonyl (C=O) groups excluding carboxylic acids is 1. The number of hydrogen-bond donors (Lipinski definition) is 4. The number of ether oxygens (including phenoxy) is 3. The molecule has 28 heavy (non-hydrogen) atoms. The van der Waals surface area contributed by atoms with E-state index < -0.39 is 30.7 Å². The first-order valence-corrected chi connectivity index (χ1v) is 9.36. The standard InChI is InChI=1S/C20H31NO7/c1-20(2,3)9-10-27-19-17(24)16(23)15(22)14(28-19)11-21-18(25)12-5-7-13(26-4)8-6-12/h5-8,14-17,19,22-24H,9-11H2,1-4H3,(H,21,25). The fourth-order valence-corrected chi connectivity index (χ4v) is 2.74. The van der Waals surface area contributed by atoms with Gasteiger partial charge in [0.05, 0.1) is 13.7 Å². The molecule has 1 heterocycles. The zero-order chi connectivity index (χ0) is 20.9. The van der Waals surface area contributed by atoms with Crippen LogP contribution in [0.15, 0.2) is 24.3 Å². The second-order valence-corrected chi connectivity index (χ2v) is 8.13. The molecule has 1 aliphatic rings. The summed E-state index contributed by atoms with van der Waals surface area (Å²) in [7, 11) is 1.54. The van der Waals surface area contributed by atoms with Gasteiger partial charge in [0.15, 0.2) is 6.29 Å². The lowest BCUT2D eigenvalue weighted by Gasteiger charge is -2.40. The molecule has 0 radical (unpaired) electrons. The molecule has 1 aromatic carbocycles. The molecular formula is C20H31NO7. The molecule has 0 saturated carbocycles. The second kappa shape index (κ2) is 9.67. The average molecular weight is 397 g/mol. The van der Waals surface area contributed by atoms with E-state index in [9.17, 15) is 20.1 Å². The van der Waals surface area contributed by atoms with E-state index in [0.29, 0.717) is 17.9 Å². The number of amides is 1. The summed E-state index contributed by atoms with van der Waals surface area (Å²) in [5, 5.41) is 33.0. The van der Waals surface area contributed by atoms with Crippen molar-refractivity contribution in [2.45, 2.75) is 57.9 Å². The van der Waals surface area contributed by atoms with Crippen LogP contribution in [-0.2, 0) is 9.47 Å². The summed E-state index contributed by atoms with van der Waals surface area (Å²) in [4.78, 5) is 12.3. The fourth-order valence-electron chi connectivity index (χ4n) is 2.74. The van der Waals surface area contributed by atoms with Gasteiger partial charge in [-0.1, -0.05) is 20.8 Å². The molecule has 5 unspecified atom stereocenters. The van der Waals surface area contributed by atoms with Crippen LogP contribution in [0.5, 0.6) is 5.75 Å². The Kier molecular flexibility index (Phi) is 7.79. The van der Waals surface area contributed by atoms with Crippen LogP contribution in [0.3, 0.4) is 0 Å². The zero-order valence-corrected chi connectivity index (χ0v) is 16.8. The van der Waals surface area contributed by atoms with Gasteiger partial charge in [0.25, 0.3) is 5.91 Å². The number of rotatable bonds is 7. The van der Waals surface area contributed by atoms with E-state index in [4.69, 9.17) is 14.2 Å². The predicted octanol–water partition coefficient (Wildman–Crippen LogP) is 0.685. The highest BCUT2D eigenvalue weighted by Crippen LogP contribution is 2.24. The molecular weight excluding hydrogens is 366 g/mol. The fraction of sp³-hybridized carbons (Fsp3) is 0.650. The maximum absolute atomic E-state index is 12.3. The van der Waals surface area contributed by atoms with Gasteiger partial charge in [-0.15, -0.1) is 0 Å². The summed E-state index contributed by atoms with van der Waals surface area (Å²) in [6, 6.07) is 6.56. The first-order valence-electron chi connectivity index (χ1n) is 9.36. The molecule has 1 aromatic rings. The minimum absolute atomic E-state index is 0.0451. The maximum atomic E-state index is 12.3. The number of hydrogen-bond acceptors (Lipinski definition) is 7. The van der Waals surface area contributed by atoms with Crippen LogP contribution in [0.4, 0.5) is 0 Å². The van der Waals surface area contributed by atoms with Crippen molar-refractivity contribution in [3.63, 3.8) is 0 Å². The van der Waals surface area contributed by atoms with E-state index >= 15 is 0 Å². The molecule has 2 rings (SSSR count). The third-order valence-electron chi connectivity index (χ3n) is 4.62. The van der Waals surface area contributed by atoms with Crippen LogP contribution in [0, 0.1) is 5.41 Å². The summed E-state index contributed by atoms with van der Waals surface area (Å²) >= 11 is 0. The summed E-state index contributed by atoms with van der Waals surface area (Å²) < 4.78 is 16.2. The highest BCUT2D eigenvalue weighted by Gasteiger charge is 2.44. The Labute approximate surface area is 165 Å². The number of aliphatic hydroxyl groups excluding tert-OH is 3. The van der Waals surface area contributed by atoms with E-state index in [-0.39, 0.29) is 17.9 Å². The molecule has 0 bridgehead atoms. The summed E-state index contributed by atoms with van der Waals surface area (Å²) in [6.07, 6.45) is -5.42. The monoisotopic (exact) mass is 397 g/mol. The third-order valence-corrected chi connectivity index (χ3v) is 4.62. The zero-order valence-electron chi connectivity index (χ0n) is 16.8. The summed E-state index contributed by atoms with van der Waals surface area (Å²) in [5.74, 6) is 0.277. The summed E-state index contributed by atoms with van der Waals surface area (Å²) in [6.45, 7) is 6.47. The average Bonchev–Trinajstić information content (AvgIpc) is 2.66. The highest BCUT2D eigenvalue weighted by molar-refractivity contribution is 5.94. The Morgan fingerprint density at radius 1 is 1.11 bits per heavy atom. The molecule has 1 fully saturated rings. The quantitative estimate of drug-likeness (QED) is 0.535. The van der Waals surface area contributed by atoms with Crippen molar-refractivity contribution in [1.29, 1.82) is 0 Å². The Balaban J connectivity index is 1.92. The normalized spacial score (nSPS) is 28.0. The van der Waals surface area contributed by atoms with Crippen LogP contribution in [0.2, 0.25) is 0 Å². The number of carbonyl (C=O) groups is 1. The van der Waals surface area contributed by atoms with E-state index in [1.165, 1.54) is 7.11 Å². The Morgan fingerprint density at radius 3 is 2.32 bits per heavy atom. The third kappa shape index (κ3) is 6.15. The SMILES string of the molecule is COc1ccc(C(=O)NCC2OC(OCCC(C)(C)C)C(O)C(O)C2O)cc1. The van der Waals surface area contributed by atoms with Crippen molar-refractivity contribution in [2.75, 3.05) is 20.3 Å². The van der Waals surface area contributed by atoms with Gasteiger partial charge >= 0.3 is 0 Å². The number of benzene rings is 1. The maximum Gasteiger partial charge on any atom is 0.251 e. The first kappa shape index (κ1) is 22.6. The first-order chi connectivity index (χ1) is 13.1. The number of methoxy groups -OCH3 is 1. The van der Waals surface area contributed by atoms with Crippen molar-refractivity contribution in [2.24, 2.45) is 5.41 Å². The molecule has 4 N–H and O–H groups in total. The molecule has 1 saturated heterocycles. The van der Waals surface area contributed by atoms with Gasteiger partial charge in [-0.3, -0.25) is 4.79 Å². The minimum atomic E-state index is -1.43. The molecule has 5 atom stereocenters. The van der Waals surface area contributed by atoms with Crippen LogP contribution < -0.4 is 10.1 Å². The van der Waals surface area contributed by atoms with Gasteiger partial charge in [0.1, 0.15) is 30.2 Å². The predicted molar refractivity (Wildman–Crippen MR) is 102 cm³/mol. The Morgan fingerprint density at radius 2 is 1.75 bits per heavy atom. The highest BCUT2D eigenvalue weighted by atomic mass is 16.7. The number of aliphatic hydroxyl groups is 3. The van der Waals surface area contributed by atoms with Gasteiger partial charge in [0, 0.05) is 12.1 Å². The lowest BCUT2D eigenvalue weighted by Crippen LogP contribution is -2.60. The van der Waals surface area contributed by atoms with Crippen molar-refractivity contribution >= 4 is 5.91 Å². The Hall–Kier alpha value is -1.71. The molecule has 0 aromatic heterocycles. The lowest BCUT2D eigenvalue weighted by molar-refractivity contribution is -0.295. The minimum Gasteiger partial charge on any atom is -0.497 e.